The third kappa shape index (κ3) is 2.05. The van der Waals surface area contributed by atoms with Gasteiger partial charge in [-0.1, -0.05) is 18.2 Å². The maximum atomic E-state index is 13.1. The molecule has 20 heavy (non-hydrogen) atoms. The van der Waals surface area contributed by atoms with E-state index < -0.39 is 11.7 Å². The zero-order chi connectivity index (χ0) is 14.3. The molecule has 1 aromatic heterocycles. The lowest BCUT2D eigenvalue weighted by atomic mass is 9.96. The van der Waals surface area contributed by atoms with E-state index in [1.165, 1.54) is 12.1 Å². The van der Waals surface area contributed by atoms with Crippen LogP contribution in [0.5, 0.6) is 0 Å². The van der Waals surface area contributed by atoms with Gasteiger partial charge in [-0.2, -0.15) is 18.3 Å². The molecular weight excluding hydrogens is 265 g/mol. The molecule has 0 saturated heterocycles. The maximum Gasteiger partial charge on any atom is 0.417 e. The Kier molecular flexibility index (Phi) is 2.78. The molecule has 0 aliphatic rings. The van der Waals surface area contributed by atoms with E-state index in [0.29, 0.717) is 5.56 Å². The molecule has 0 bridgehead atoms. The van der Waals surface area contributed by atoms with Crippen LogP contribution in [0, 0.1) is 6.92 Å². The molecule has 2 aromatic carbocycles. The number of H-pyrrole nitrogens is 1. The number of nitrogens with one attached hydrogen (secondary N) is 1. The van der Waals surface area contributed by atoms with Crippen molar-refractivity contribution in [2.45, 2.75) is 13.1 Å². The number of fused-ring (bicyclic) bond motifs is 1. The van der Waals surface area contributed by atoms with E-state index in [0.717, 1.165) is 22.5 Å². The van der Waals surface area contributed by atoms with E-state index in [1.807, 2.05) is 6.92 Å². The minimum absolute atomic E-state index is 0.186. The lowest BCUT2D eigenvalue weighted by molar-refractivity contribution is -0.137. The molecule has 1 N–H and O–H groups in total. The second-order valence-corrected chi connectivity index (χ2v) is 4.67. The van der Waals surface area contributed by atoms with Crippen LogP contribution >= 0.6 is 0 Å². The van der Waals surface area contributed by atoms with Crippen molar-refractivity contribution in [2.75, 3.05) is 0 Å². The molecule has 0 radical (unpaired) electrons. The van der Waals surface area contributed by atoms with Crippen LogP contribution < -0.4 is 0 Å². The Morgan fingerprint density at radius 3 is 2.60 bits per heavy atom. The van der Waals surface area contributed by atoms with E-state index in [2.05, 4.69) is 10.2 Å². The van der Waals surface area contributed by atoms with Gasteiger partial charge in [-0.3, -0.25) is 5.10 Å². The molecular formula is C15H11F3N2. The van der Waals surface area contributed by atoms with E-state index in [9.17, 15) is 13.2 Å². The highest BCUT2D eigenvalue weighted by Crippen LogP contribution is 2.38. The van der Waals surface area contributed by atoms with Gasteiger partial charge in [-0.25, -0.2) is 0 Å². The van der Waals surface area contributed by atoms with Crippen molar-refractivity contribution in [3.63, 3.8) is 0 Å². The van der Waals surface area contributed by atoms with Gasteiger partial charge in [0.2, 0.25) is 0 Å². The number of hydrogen-bond acceptors (Lipinski definition) is 1. The molecule has 0 aliphatic carbocycles. The minimum atomic E-state index is -4.37. The van der Waals surface area contributed by atoms with Gasteiger partial charge in [0, 0.05) is 5.39 Å². The summed E-state index contributed by atoms with van der Waals surface area (Å²) < 4.78 is 39.2. The zero-order valence-corrected chi connectivity index (χ0v) is 10.6. The summed E-state index contributed by atoms with van der Waals surface area (Å²) >= 11 is 0. The Bertz CT molecular complexity index is 772. The highest BCUT2D eigenvalue weighted by Gasteiger charge is 2.33. The van der Waals surface area contributed by atoms with Gasteiger partial charge >= 0.3 is 6.18 Å². The maximum absolute atomic E-state index is 13.1. The largest absolute Gasteiger partial charge is 0.417 e. The number of rotatable bonds is 1. The van der Waals surface area contributed by atoms with Crippen LogP contribution in [0.15, 0.2) is 42.6 Å². The Morgan fingerprint density at radius 2 is 1.85 bits per heavy atom. The standard InChI is InChI=1S/C15H11F3N2/c1-9-6-10(7-11-8-19-20-14(9)11)12-4-2-3-5-13(12)15(16,17)18/h2-8H,1H3,(H,19,20). The van der Waals surface area contributed by atoms with E-state index in [1.54, 1.807) is 24.4 Å². The molecule has 3 rings (SSSR count). The van der Waals surface area contributed by atoms with E-state index >= 15 is 0 Å². The molecule has 0 aliphatic heterocycles. The second kappa shape index (κ2) is 4.37. The summed E-state index contributed by atoms with van der Waals surface area (Å²) in [5.41, 5.74) is 1.82. The zero-order valence-electron chi connectivity index (χ0n) is 10.6. The lowest BCUT2D eigenvalue weighted by Crippen LogP contribution is -2.06. The van der Waals surface area contributed by atoms with E-state index in [4.69, 9.17) is 0 Å². The van der Waals surface area contributed by atoms with Gasteiger partial charge in [0.25, 0.3) is 0 Å². The number of aromatic nitrogens is 2. The van der Waals surface area contributed by atoms with Gasteiger partial charge in [0.15, 0.2) is 0 Å². The first-order valence-corrected chi connectivity index (χ1v) is 6.07. The van der Waals surface area contributed by atoms with Crippen molar-refractivity contribution in [2.24, 2.45) is 0 Å². The molecule has 0 saturated carbocycles. The summed E-state index contributed by atoms with van der Waals surface area (Å²) in [5, 5.41) is 7.56. The van der Waals surface area contributed by atoms with Gasteiger partial charge in [-0.15, -0.1) is 0 Å². The van der Waals surface area contributed by atoms with Crippen LogP contribution in [0.3, 0.4) is 0 Å². The van der Waals surface area contributed by atoms with Crippen molar-refractivity contribution in [1.29, 1.82) is 0 Å². The summed E-state index contributed by atoms with van der Waals surface area (Å²) in [7, 11) is 0. The summed E-state index contributed by atoms with van der Waals surface area (Å²) in [6.45, 7) is 1.85. The average molecular weight is 276 g/mol. The van der Waals surface area contributed by atoms with Crippen LogP contribution in [0.25, 0.3) is 22.0 Å². The van der Waals surface area contributed by atoms with Crippen LogP contribution in [-0.2, 0) is 6.18 Å². The Morgan fingerprint density at radius 1 is 1.10 bits per heavy atom. The van der Waals surface area contributed by atoms with Gasteiger partial charge in [0.1, 0.15) is 0 Å². The molecule has 0 amide bonds. The van der Waals surface area contributed by atoms with Crippen molar-refractivity contribution in [1.82, 2.24) is 10.2 Å². The van der Waals surface area contributed by atoms with Gasteiger partial charge in [0.05, 0.1) is 17.3 Å². The number of alkyl halides is 3. The highest BCUT2D eigenvalue weighted by molar-refractivity contribution is 5.87. The van der Waals surface area contributed by atoms with Crippen molar-refractivity contribution in [3.8, 4) is 11.1 Å². The van der Waals surface area contributed by atoms with Crippen LogP contribution in [0.2, 0.25) is 0 Å². The molecule has 2 nitrogen and oxygen atoms in total. The van der Waals surface area contributed by atoms with Crippen molar-refractivity contribution in [3.05, 3.63) is 53.7 Å². The predicted octanol–water partition coefficient (Wildman–Crippen LogP) is 4.56. The fourth-order valence-electron chi connectivity index (χ4n) is 2.37. The number of benzene rings is 2. The van der Waals surface area contributed by atoms with Crippen LogP contribution in [-0.4, -0.2) is 10.2 Å². The normalized spacial score (nSPS) is 12.0. The predicted molar refractivity (Wildman–Crippen MR) is 71.3 cm³/mol. The number of hydrogen-bond donors (Lipinski definition) is 1. The van der Waals surface area contributed by atoms with E-state index in [-0.39, 0.29) is 5.56 Å². The Hall–Kier alpha value is -2.30. The molecule has 0 atom stereocenters. The molecule has 3 aromatic rings. The SMILES string of the molecule is Cc1cc(-c2ccccc2C(F)(F)F)cc2cn[nH]c12. The average Bonchev–Trinajstić information content (AvgIpc) is 2.86. The molecule has 102 valence electrons. The molecule has 0 spiro atoms. The third-order valence-electron chi connectivity index (χ3n) is 3.29. The third-order valence-corrected chi connectivity index (χ3v) is 3.29. The summed E-state index contributed by atoms with van der Waals surface area (Å²) in [5.74, 6) is 0. The summed E-state index contributed by atoms with van der Waals surface area (Å²) in [6, 6.07) is 9.06. The summed E-state index contributed by atoms with van der Waals surface area (Å²) in [6.07, 6.45) is -2.75. The number of nitrogens with zero attached hydrogens (tertiary/aromatic N) is 1. The Labute approximate surface area is 113 Å². The van der Waals surface area contributed by atoms with Gasteiger partial charge in [-0.05, 0) is 41.8 Å². The van der Waals surface area contributed by atoms with Crippen molar-refractivity contribution >= 4 is 10.9 Å². The molecule has 0 fully saturated rings. The molecule has 0 unspecified atom stereocenters. The highest BCUT2D eigenvalue weighted by atomic mass is 19.4. The topological polar surface area (TPSA) is 28.7 Å². The van der Waals surface area contributed by atoms with Crippen molar-refractivity contribution < 1.29 is 13.2 Å². The lowest BCUT2D eigenvalue weighted by Gasteiger charge is -2.13. The molecule has 5 heteroatoms. The monoisotopic (exact) mass is 276 g/mol. The second-order valence-electron chi connectivity index (χ2n) is 4.67. The number of aryl methyl sites for hydroxylation is 1. The fourth-order valence-corrected chi connectivity index (χ4v) is 2.37. The smallest absolute Gasteiger partial charge is 0.278 e. The quantitative estimate of drug-likeness (QED) is 0.693. The van der Waals surface area contributed by atoms with Crippen LogP contribution in [0.1, 0.15) is 11.1 Å². The first-order chi connectivity index (χ1) is 9.47. The first kappa shape index (κ1) is 12.7. The number of aromatic amines is 1. The molecule has 1 heterocycles. The first-order valence-electron chi connectivity index (χ1n) is 6.07. The number of halogens is 3. The fraction of sp³-hybridized carbons (Fsp3) is 0.133. The summed E-state index contributed by atoms with van der Waals surface area (Å²) in [4.78, 5) is 0. The van der Waals surface area contributed by atoms with Crippen LogP contribution in [0.4, 0.5) is 13.2 Å². The van der Waals surface area contributed by atoms with Gasteiger partial charge < -0.3 is 0 Å². The Balaban J connectivity index is 2.26. The minimum Gasteiger partial charge on any atom is -0.278 e.